The Morgan fingerprint density at radius 1 is 1.35 bits per heavy atom. The third kappa shape index (κ3) is 3.02. The van der Waals surface area contributed by atoms with E-state index in [0.717, 1.165) is 44.5 Å². The fourth-order valence-electron chi connectivity index (χ4n) is 2.49. The second-order valence-corrected chi connectivity index (χ2v) is 5.56. The SMILES string of the molecule is O=C(NCCCn1nc2n(c1=O)CCCC2)NC1CC1. The number of rotatable bonds is 5. The highest BCUT2D eigenvalue weighted by Gasteiger charge is 2.22. The van der Waals surface area contributed by atoms with Crippen LogP contribution in [-0.2, 0) is 19.5 Å². The number of hydrogen-bond donors (Lipinski definition) is 2. The number of carbonyl (C=O) groups is 1. The third-order valence-corrected chi connectivity index (χ3v) is 3.78. The molecule has 1 saturated carbocycles. The minimum atomic E-state index is -0.107. The maximum atomic E-state index is 12.1. The van der Waals surface area contributed by atoms with Gasteiger partial charge < -0.3 is 10.6 Å². The van der Waals surface area contributed by atoms with Crippen LogP contribution in [0.5, 0.6) is 0 Å². The molecular formula is C13H21N5O2. The summed E-state index contributed by atoms with van der Waals surface area (Å²) in [6, 6.07) is 0.265. The second-order valence-electron chi connectivity index (χ2n) is 5.56. The Labute approximate surface area is 117 Å². The van der Waals surface area contributed by atoms with E-state index in [1.54, 1.807) is 4.57 Å². The van der Waals surface area contributed by atoms with E-state index in [2.05, 4.69) is 15.7 Å². The van der Waals surface area contributed by atoms with E-state index in [-0.39, 0.29) is 11.7 Å². The lowest BCUT2D eigenvalue weighted by Gasteiger charge is -2.09. The standard InChI is InChI=1S/C13H21N5O2/c19-12(15-10-5-6-10)14-7-3-9-18-13(20)17-8-2-1-4-11(17)16-18/h10H,1-9H2,(H2,14,15,19). The molecule has 0 saturated heterocycles. The van der Waals surface area contributed by atoms with Crippen LogP contribution in [0, 0.1) is 0 Å². The molecule has 0 aromatic carbocycles. The molecule has 0 bridgehead atoms. The Bertz CT molecular complexity index is 543. The van der Waals surface area contributed by atoms with Crippen LogP contribution in [0.1, 0.15) is 37.9 Å². The molecular weight excluding hydrogens is 258 g/mol. The highest BCUT2D eigenvalue weighted by Crippen LogP contribution is 2.18. The van der Waals surface area contributed by atoms with Gasteiger partial charge in [0.1, 0.15) is 5.82 Å². The number of aromatic nitrogens is 3. The zero-order chi connectivity index (χ0) is 13.9. The summed E-state index contributed by atoms with van der Waals surface area (Å²) >= 11 is 0. The average molecular weight is 279 g/mol. The van der Waals surface area contributed by atoms with Crippen molar-refractivity contribution < 1.29 is 4.79 Å². The molecule has 1 aromatic rings. The summed E-state index contributed by atoms with van der Waals surface area (Å²) in [7, 11) is 0. The summed E-state index contributed by atoms with van der Waals surface area (Å²) in [5.41, 5.74) is -0.0119. The van der Waals surface area contributed by atoms with Crippen LogP contribution >= 0.6 is 0 Å². The minimum Gasteiger partial charge on any atom is -0.338 e. The van der Waals surface area contributed by atoms with Gasteiger partial charge in [-0.2, -0.15) is 5.10 Å². The lowest BCUT2D eigenvalue weighted by molar-refractivity contribution is 0.240. The van der Waals surface area contributed by atoms with Gasteiger partial charge in [0.05, 0.1) is 0 Å². The molecule has 2 aliphatic rings. The first-order valence-corrected chi connectivity index (χ1v) is 7.45. The quantitative estimate of drug-likeness (QED) is 0.757. The van der Waals surface area contributed by atoms with Gasteiger partial charge in [-0.3, -0.25) is 4.57 Å². The summed E-state index contributed by atoms with van der Waals surface area (Å²) in [6.45, 7) is 1.91. The first-order valence-electron chi connectivity index (χ1n) is 7.45. The van der Waals surface area contributed by atoms with Gasteiger partial charge in [-0.1, -0.05) is 0 Å². The number of carbonyl (C=O) groups excluding carboxylic acids is 1. The van der Waals surface area contributed by atoms with Crippen LogP contribution in [-0.4, -0.2) is 33.0 Å². The van der Waals surface area contributed by atoms with Crippen molar-refractivity contribution in [2.24, 2.45) is 0 Å². The molecule has 0 spiro atoms. The predicted molar refractivity (Wildman–Crippen MR) is 73.6 cm³/mol. The molecule has 0 atom stereocenters. The van der Waals surface area contributed by atoms with Crippen molar-refractivity contribution in [3.63, 3.8) is 0 Å². The number of hydrogen-bond acceptors (Lipinski definition) is 3. The van der Waals surface area contributed by atoms with Crippen molar-refractivity contribution in [2.75, 3.05) is 6.54 Å². The van der Waals surface area contributed by atoms with E-state index < -0.39 is 0 Å². The second kappa shape index (κ2) is 5.68. The number of amides is 2. The smallest absolute Gasteiger partial charge is 0.338 e. The van der Waals surface area contributed by atoms with Crippen LogP contribution in [0.3, 0.4) is 0 Å². The highest BCUT2D eigenvalue weighted by atomic mass is 16.2. The molecule has 1 fully saturated rings. The van der Waals surface area contributed by atoms with Crippen LogP contribution in [0.15, 0.2) is 4.79 Å². The molecule has 2 N–H and O–H groups in total. The topological polar surface area (TPSA) is 81.0 Å². The maximum Gasteiger partial charge on any atom is 0.345 e. The zero-order valence-corrected chi connectivity index (χ0v) is 11.6. The van der Waals surface area contributed by atoms with E-state index in [4.69, 9.17) is 0 Å². The Balaban J connectivity index is 1.45. The van der Waals surface area contributed by atoms with E-state index in [9.17, 15) is 9.59 Å². The number of urea groups is 1. The molecule has 0 radical (unpaired) electrons. The number of nitrogens with one attached hydrogen (secondary N) is 2. The molecule has 7 nitrogen and oxygen atoms in total. The van der Waals surface area contributed by atoms with Gasteiger partial charge in [0.25, 0.3) is 0 Å². The number of nitrogens with zero attached hydrogens (tertiary/aromatic N) is 3. The van der Waals surface area contributed by atoms with E-state index in [0.29, 0.717) is 25.6 Å². The van der Waals surface area contributed by atoms with Crippen molar-refractivity contribution in [3.05, 3.63) is 16.3 Å². The number of fused-ring (bicyclic) bond motifs is 1. The normalized spacial score (nSPS) is 17.6. The van der Waals surface area contributed by atoms with E-state index in [1.807, 2.05) is 0 Å². The Morgan fingerprint density at radius 3 is 2.95 bits per heavy atom. The molecule has 0 unspecified atom stereocenters. The molecule has 7 heteroatoms. The monoisotopic (exact) mass is 279 g/mol. The van der Waals surface area contributed by atoms with Gasteiger partial charge in [-0.15, -0.1) is 0 Å². The molecule has 2 heterocycles. The van der Waals surface area contributed by atoms with Crippen LogP contribution in [0.2, 0.25) is 0 Å². The van der Waals surface area contributed by atoms with Crippen LogP contribution < -0.4 is 16.3 Å². The Morgan fingerprint density at radius 2 is 2.20 bits per heavy atom. The van der Waals surface area contributed by atoms with Gasteiger partial charge in [-0.05, 0) is 32.1 Å². The zero-order valence-electron chi connectivity index (χ0n) is 11.6. The van der Waals surface area contributed by atoms with Gasteiger partial charge >= 0.3 is 11.7 Å². The minimum absolute atomic E-state index is 0.0119. The van der Waals surface area contributed by atoms with Crippen molar-refractivity contribution in [2.45, 2.75) is 57.7 Å². The molecule has 1 aliphatic heterocycles. The lowest BCUT2D eigenvalue weighted by Crippen LogP contribution is -2.37. The van der Waals surface area contributed by atoms with Gasteiger partial charge in [0.2, 0.25) is 0 Å². The third-order valence-electron chi connectivity index (χ3n) is 3.78. The van der Waals surface area contributed by atoms with Crippen LogP contribution in [0.25, 0.3) is 0 Å². The van der Waals surface area contributed by atoms with Crippen LogP contribution in [0.4, 0.5) is 4.79 Å². The predicted octanol–water partition coefficient (Wildman–Crippen LogP) is 0.233. The maximum absolute atomic E-state index is 12.1. The summed E-state index contributed by atoms with van der Waals surface area (Å²) < 4.78 is 3.30. The van der Waals surface area contributed by atoms with Gasteiger partial charge in [-0.25, -0.2) is 14.3 Å². The average Bonchev–Trinajstić information content (AvgIpc) is 3.20. The molecule has 1 aromatic heterocycles. The summed E-state index contributed by atoms with van der Waals surface area (Å²) in [5.74, 6) is 0.903. The van der Waals surface area contributed by atoms with Crippen molar-refractivity contribution in [3.8, 4) is 0 Å². The van der Waals surface area contributed by atoms with Crippen molar-refractivity contribution >= 4 is 6.03 Å². The van der Waals surface area contributed by atoms with Crippen molar-refractivity contribution in [1.29, 1.82) is 0 Å². The Kier molecular flexibility index (Phi) is 3.75. The molecule has 2 amide bonds. The van der Waals surface area contributed by atoms with Crippen molar-refractivity contribution in [1.82, 2.24) is 25.0 Å². The van der Waals surface area contributed by atoms with Gasteiger partial charge in [0.15, 0.2) is 0 Å². The summed E-state index contributed by atoms with van der Waals surface area (Å²) in [5, 5.41) is 10.0. The largest absolute Gasteiger partial charge is 0.345 e. The summed E-state index contributed by atoms with van der Waals surface area (Å²) in [4.78, 5) is 23.5. The molecule has 1 aliphatic carbocycles. The summed E-state index contributed by atoms with van der Waals surface area (Å²) in [6.07, 6.45) is 5.95. The Hall–Kier alpha value is -1.79. The van der Waals surface area contributed by atoms with Gasteiger partial charge in [0, 0.05) is 32.1 Å². The highest BCUT2D eigenvalue weighted by molar-refractivity contribution is 5.74. The first-order chi connectivity index (χ1) is 9.74. The first kappa shape index (κ1) is 13.2. The number of aryl methyl sites for hydroxylation is 2. The lowest BCUT2D eigenvalue weighted by atomic mass is 10.2. The van der Waals surface area contributed by atoms with E-state index in [1.165, 1.54) is 4.68 Å². The fraction of sp³-hybridized carbons (Fsp3) is 0.769. The van der Waals surface area contributed by atoms with E-state index >= 15 is 0 Å². The molecule has 110 valence electrons. The fourth-order valence-corrected chi connectivity index (χ4v) is 2.49. The molecule has 3 rings (SSSR count). The molecule has 20 heavy (non-hydrogen) atoms.